The van der Waals surface area contributed by atoms with E-state index >= 15 is 0 Å². The highest BCUT2D eigenvalue weighted by Gasteiger charge is 2.24. The van der Waals surface area contributed by atoms with Gasteiger partial charge in [0.05, 0.1) is 47.0 Å². The first-order valence-corrected chi connectivity index (χ1v) is 13.0. The van der Waals surface area contributed by atoms with Crippen LogP contribution in [0.25, 0.3) is 22.5 Å². The summed E-state index contributed by atoms with van der Waals surface area (Å²) < 4.78 is 3.28. The van der Waals surface area contributed by atoms with Gasteiger partial charge in [0.15, 0.2) is 0 Å². The number of halogens is 1. The molecule has 39 heavy (non-hydrogen) atoms. The van der Waals surface area contributed by atoms with Crippen molar-refractivity contribution in [1.29, 1.82) is 0 Å². The van der Waals surface area contributed by atoms with E-state index in [2.05, 4.69) is 25.7 Å². The number of aromatic nitrogens is 5. The molecule has 5 rings (SSSR count). The number of pyridine rings is 1. The summed E-state index contributed by atoms with van der Waals surface area (Å²) in [5.41, 5.74) is 4.09. The summed E-state index contributed by atoms with van der Waals surface area (Å²) in [6.45, 7) is 3.30. The number of fused-ring (bicyclic) bond motifs is 4. The van der Waals surface area contributed by atoms with Gasteiger partial charge in [-0.2, -0.15) is 5.10 Å². The van der Waals surface area contributed by atoms with Gasteiger partial charge in [0.2, 0.25) is 11.8 Å². The van der Waals surface area contributed by atoms with E-state index in [4.69, 9.17) is 11.6 Å². The Labute approximate surface area is 230 Å². The zero-order valence-electron chi connectivity index (χ0n) is 21.8. The van der Waals surface area contributed by atoms with Gasteiger partial charge in [-0.05, 0) is 43.2 Å². The highest BCUT2D eigenvalue weighted by molar-refractivity contribution is 6.31. The number of anilines is 2. The van der Waals surface area contributed by atoms with E-state index in [1.54, 1.807) is 39.8 Å². The number of nitrogens with zero attached hydrogens (tertiary/aromatic N) is 5. The average molecular weight is 546 g/mol. The first-order chi connectivity index (χ1) is 18.7. The van der Waals surface area contributed by atoms with E-state index in [9.17, 15) is 14.4 Å². The number of aryl methyl sites for hydroxylation is 1. The van der Waals surface area contributed by atoms with E-state index in [0.717, 1.165) is 11.3 Å². The summed E-state index contributed by atoms with van der Waals surface area (Å²) in [7, 11) is 1.82. The van der Waals surface area contributed by atoms with E-state index in [1.807, 2.05) is 26.1 Å². The van der Waals surface area contributed by atoms with Crippen molar-refractivity contribution in [3.63, 3.8) is 0 Å². The molecule has 0 unspecified atom stereocenters. The fourth-order valence-corrected chi connectivity index (χ4v) is 5.07. The Bertz CT molecular complexity index is 1630. The Hall–Kier alpha value is -4.31. The van der Waals surface area contributed by atoms with Crippen LogP contribution in [0.1, 0.15) is 44.8 Å². The number of amides is 2. The van der Waals surface area contributed by atoms with Gasteiger partial charge in [0.1, 0.15) is 0 Å². The van der Waals surface area contributed by atoms with Gasteiger partial charge < -0.3 is 10.6 Å². The van der Waals surface area contributed by atoms with Crippen LogP contribution in [-0.2, 0) is 16.6 Å². The number of hydrogen-bond acceptors (Lipinski definition) is 6. The van der Waals surface area contributed by atoms with Crippen molar-refractivity contribution in [2.75, 3.05) is 10.6 Å². The maximum atomic E-state index is 13.5. The average Bonchev–Trinajstić information content (AvgIpc) is 3.26. The maximum Gasteiger partial charge on any atom is 0.254 e. The number of hydrogen-bond donors (Lipinski definition) is 2. The number of rotatable bonds is 3. The highest BCUT2D eigenvalue weighted by Crippen LogP contribution is 2.33. The molecule has 4 heterocycles. The summed E-state index contributed by atoms with van der Waals surface area (Å²) in [5, 5.41) is 10.6. The molecule has 2 N–H and O–H groups in total. The van der Waals surface area contributed by atoms with Crippen molar-refractivity contribution in [2.45, 2.75) is 39.2 Å². The van der Waals surface area contributed by atoms with Crippen molar-refractivity contribution in [3.8, 4) is 22.5 Å². The quantitative estimate of drug-likeness (QED) is 0.386. The lowest BCUT2D eigenvalue weighted by molar-refractivity contribution is -0.119. The van der Waals surface area contributed by atoms with Crippen LogP contribution in [0.3, 0.4) is 0 Å². The van der Waals surface area contributed by atoms with Crippen molar-refractivity contribution in [2.24, 2.45) is 13.0 Å². The fraction of sp³-hybridized carbons (Fsp3) is 0.286. The number of benzene rings is 1. The Morgan fingerprint density at radius 3 is 2.72 bits per heavy atom. The maximum absolute atomic E-state index is 13.5. The van der Waals surface area contributed by atoms with Crippen molar-refractivity contribution < 1.29 is 9.59 Å². The molecule has 1 aliphatic rings. The summed E-state index contributed by atoms with van der Waals surface area (Å²) in [6, 6.07) is 9.82. The van der Waals surface area contributed by atoms with Crippen LogP contribution in [0.2, 0.25) is 5.02 Å². The summed E-state index contributed by atoms with van der Waals surface area (Å²) in [5.74, 6) is -0.544. The standard InChI is InChI=1S/C28H28ClN7O3/c1-16-5-4-6-25(23-11-18(9-10-30-23)27-24(34-28(16)39)14-32-35(27)3)36-15-31-22(13-26(36)38)20-12-19(29)7-8-21(20)33-17(2)37/h7-16,25H,4-6H2,1-3H3,(H,33,37)(H,34,39)/t16-,25+/m1/s1. The summed E-state index contributed by atoms with van der Waals surface area (Å²) >= 11 is 6.22. The molecule has 4 aromatic rings. The minimum Gasteiger partial charge on any atom is -0.326 e. The third-order valence-electron chi connectivity index (χ3n) is 6.89. The number of carbonyl (C=O) groups excluding carboxylic acids is 2. The van der Waals surface area contributed by atoms with Gasteiger partial charge in [-0.3, -0.25) is 28.6 Å². The first-order valence-electron chi connectivity index (χ1n) is 12.7. The molecular weight excluding hydrogens is 518 g/mol. The molecule has 0 saturated carbocycles. The molecular formula is C28H28ClN7O3. The van der Waals surface area contributed by atoms with Gasteiger partial charge in [0.25, 0.3) is 5.56 Å². The molecule has 0 aliphatic carbocycles. The third-order valence-corrected chi connectivity index (χ3v) is 7.13. The molecule has 2 atom stereocenters. The largest absolute Gasteiger partial charge is 0.326 e. The lowest BCUT2D eigenvalue weighted by Gasteiger charge is -2.22. The topological polar surface area (TPSA) is 124 Å². The number of nitrogens with one attached hydrogen (secondary N) is 2. The van der Waals surface area contributed by atoms with E-state index in [-0.39, 0.29) is 23.3 Å². The van der Waals surface area contributed by atoms with Gasteiger partial charge >= 0.3 is 0 Å². The van der Waals surface area contributed by atoms with Crippen LogP contribution < -0.4 is 16.2 Å². The lowest BCUT2D eigenvalue weighted by atomic mass is 9.97. The molecule has 0 fully saturated rings. The molecule has 0 spiro atoms. The smallest absolute Gasteiger partial charge is 0.254 e. The zero-order valence-corrected chi connectivity index (χ0v) is 22.6. The summed E-state index contributed by atoms with van der Waals surface area (Å²) in [4.78, 5) is 47.3. The van der Waals surface area contributed by atoms with E-state index < -0.39 is 6.04 Å². The van der Waals surface area contributed by atoms with E-state index in [1.165, 1.54) is 19.3 Å². The van der Waals surface area contributed by atoms with E-state index in [0.29, 0.717) is 52.6 Å². The van der Waals surface area contributed by atoms with Gasteiger partial charge in [-0.15, -0.1) is 0 Å². The number of carbonyl (C=O) groups is 2. The van der Waals surface area contributed by atoms with Crippen LogP contribution in [-0.4, -0.2) is 36.1 Å². The molecule has 2 bridgehead atoms. The van der Waals surface area contributed by atoms with Crippen molar-refractivity contribution in [3.05, 3.63) is 76.2 Å². The van der Waals surface area contributed by atoms with Crippen LogP contribution in [0.15, 0.2) is 59.9 Å². The minimum atomic E-state index is -0.403. The van der Waals surface area contributed by atoms with Crippen molar-refractivity contribution in [1.82, 2.24) is 24.3 Å². The van der Waals surface area contributed by atoms with Crippen LogP contribution in [0, 0.1) is 5.92 Å². The van der Waals surface area contributed by atoms with Crippen molar-refractivity contribution >= 4 is 34.8 Å². The monoisotopic (exact) mass is 545 g/mol. The lowest BCUT2D eigenvalue weighted by Crippen LogP contribution is -2.27. The molecule has 1 aromatic carbocycles. The predicted octanol–water partition coefficient (Wildman–Crippen LogP) is 4.67. The van der Waals surface area contributed by atoms with Crippen LogP contribution in [0.4, 0.5) is 11.4 Å². The molecule has 2 amide bonds. The van der Waals surface area contributed by atoms with Gasteiger partial charge in [0, 0.05) is 48.3 Å². The Kier molecular flexibility index (Phi) is 7.30. The third kappa shape index (κ3) is 5.46. The molecule has 200 valence electrons. The molecule has 1 aliphatic heterocycles. The van der Waals surface area contributed by atoms with Crippen LogP contribution in [0.5, 0.6) is 0 Å². The molecule has 10 nitrogen and oxygen atoms in total. The second-order valence-corrected chi connectivity index (χ2v) is 10.2. The second kappa shape index (κ2) is 10.8. The Morgan fingerprint density at radius 2 is 1.95 bits per heavy atom. The Balaban J connectivity index is 1.59. The molecule has 11 heteroatoms. The summed E-state index contributed by atoms with van der Waals surface area (Å²) in [6.07, 6.45) is 6.76. The fourth-order valence-electron chi connectivity index (χ4n) is 4.90. The minimum absolute atomic E-state index is 0.0738. The zero-order chi connectivity index (χ0) is 27.7. The molecule has 3 aromatic heterocycles. The molecule has 0 saturated heterocycles. The predicted molar refractivity (Wildman–Crippen MR) is 149 cm³/mol. The van der Waals surface area contributed by atoms with Gasteiger partial charge in [-0.1, -0.05) is 24.9 Å². The van der Waals surface area contributed by atoms with Crippen LogP contribution >= 0.6 is 11.6 Å². The second-order valence-electron chi connectivity index (χ2n) is 9.73. The van der Waals surface area contributed by atoms with Gasteiger partial charge in [-0.25, -0.2) is 4.98 Å². The highest BCUT2D eigenvalue weighted by atomic mass is 35.5. The Morgan fingerprint density at radius 1 is 1.13 bits per heavy atom. The SMILES string of the molecule is CC(=O)Nc1ccc(Cl)cc1-c1cc(=O)n([C@H]2CCC[C@@H](C)C(=O)Nc3cnn(C)c3-c3ccnc2c3)cn1. The molecule has 0 radical (unpaired) electrons. The first kappa shape index (κ1) is 26.3. The normalized spacial score (nSPS) is 17.4.